The number of hydrogen-bond acceptors (Lipinski definition) is 4. The topological polar surface area (TPSA) is 84.0 Å². The van der Waals surface area contributed by atoms with Gasteiger partial charge in [-0.1, -0.05) is 12.1 Å². The Morgan fingerprint density at radius 2 is 2.19 bits per heavy atom. The van der Waals surface area contributed by atoms with E-state index in [-0.39, 0.29) is 12.3 Å². The largest absolute Gasteiger partial charge is 0.329 e. The highest BCUT2D eigenvalue weighted by molar-refractivity contribution is 7.91. The summed E-state index contributed by atoms with van der Waals surface area (Å²) in [6.45, 7) is 1.70. The monoisotopic (exact) mass is 238 g/mol. The first-order chi connectivity index (χ1) is 7.49. The lowest BCUT2D eigenvalue weighted by molar-refractivity contribution is 0.583. The van der Waals surface area contributed by atoms with Crippen LogP contribution in [0.15, 0.2) is 24.3 Å². The molecule has 0 amide bonds. The minimum Gasteiger partial charge on any atom is -0.329 e. The molecule has 0 aliphatic rings. The third-order valence-electron chi connectivity index (χ3n) is 2.37. The molecule has 5 heteroatoms. The highest BCUT2D eigenvalue weighted by atomic mass is 32.2. The Kier molecular flexibility index (Phi) is 4.05. The zero-order valence-electron chi connectivity index (χ0n) is 9.05. The van der Waals surface area contributed by atoms with Crippen molar-refractivity contribution in [3.8, 4) is 6.07 Å². The lowest BCUT2D eigenvalue weighted by Gasteiger charge is -2.10. The van der Waals surface area contributed by atoms with E-state index in [9.17, 15) is 8.42 Å². The molecule has 0 aliphatic carbocycles. The van der Waals surface area contributed by atoms with Crippen molar-refractivity contribution in [3.05, 3.63) is 35.4 Å². The van der Waals surface area contributed by atoms with Crippen LogP contribution in [0.25, 0.3) is 0 Å². The van der Waals surface area contributed by atoms with Crippen LogP contribution >= 0.6 is 0 Å². The van der Waals surface area contributed by atoms with E-state index in [1.807, 2.05) is 6.07 Å². The molecule has 1 rings (SSSR count). The third kappa shape index (κ3) is 3.05. The number of benzene rings is 1. The summed E-state index contributed by atoms with van der Waals surface area (Å²) >= 11 is 0. The van der Waals surface area contributed by atoms with Crippen LogP contribution in [0.2, 0.25) is 0 Å². The first kappa shape index (κ1) is 12.7. The fourth-order valence-electron chi connectivity index (χ4n) is 1.25. The summed E-state index contributed by atoms with van der Waals surface area (Å²) in [6, 6.07) is 8.58. The fraction of sp³-hybridized carbons (Fsp3) is 0.364. The van der Waals surface area contributed by atoms with Gasteiger partial charge in [0.1, 0.15) is 0 Å². The summed E-state index contributed by atoms with van der Waals surface area (Å²) < 4.78 is 23.5. The summed E-state index contributed by atoms with van der Waals surface area (Å²) in [4.78, 5) is 0. The average molecular weight is 238 g/mol. The molecule has 1 aromatic carbocycles. The number of nitrogens with zero attached hydrogens (tertiary/aromatic N) is 1. The van der Waals surface area contributed by atoms with Gasteiger partial charge >= 0.3 is 0 Å². The minimum atomic E-state index is -3.22. The second-order valence-electron chi connectivity index (χ2n) is 3.67. The molecule has 16 heavy (non-hydrogen) atoms. The molecule has 0 saturated heterocycles. The number of nitrogens with two attached hydrogens (primary N) is 1. The van der Waals surface area contributed by atoms with Crippen LogP contribution in [0.4, 0.5) is 0 Å². The van der Waals surface area contributed by atoms with Crippen molar-refractivity contribution in [1.82, 2.24) is 0 Å². The van der Waals surface area contributed by atoms with Crippen LogP contribution < -0.4 is 5.73 Å². The molecule has 1 atom stereocenters. The quantitative estimate of drug-likeness (QED) is 0.841. The van der Waals surface area contributed by atoms with Crippen molar-refractivity contribution in [2.45, 2.75) is 17.9 Å². The molecule has 1 aromatic rings. The minimum absolute atomic E-state index is 0.0686. The van der Waals surface area contributed by atoms with Gasteiger partial charge in [-0.05, 0) is 24.6 Å². The van der Waals surface area contributed by atoms with E-state index in [1.54, 1.807) is 31.2 Å². The molecule has 0 aliphatic heterocycles. The van der Waals surface area contributed by atoms with Crippen LogP contribution in [0, 0.1) is 11.3 Å². The maximum absolute atomic E-state index is 11.8. The van der Waals surface area contributed by atoms with E-state index in [1.165, 1.54) is 0 Å². The number of nitriles is 1. The van der Waals surface area contributed by atoms with Gasteiger partial charge in [-0.2, -0.15) is 5.26 Å². The van der Waals surface area contributed by atoms with Crippen molar-refractivity contribution in [1.29, 1.82) is 5.26 Å². The molecule has 86 valence electrons. The van der Waals surface area contributed by atoms with E-state index < -0.39 is 15.1 Å². The lowest BCUT2D eigenvalue weighted by atomic mass is 10.2. The second kappa shape index (κ2) is 5.10. The van der Waals surface area contributed by atoms with Gasteiger partial charge in [0.15, 0.2) is 9.84 Å². The van der Waals surface area contributed by atoms with Crippen LogP contribution in [-0.4, -0.2) is 20.2 Å². The van der Waals surface area contributed by atoms with E-state index in [0.29, 0.717) is 11.1 Å². The van der Waals surface area contributed by atoms with Crippen LogP contribution in [-0.2, 0) is 15.6 Å². The zero-order chi connectivity index (χ0) is 12.2. The Morgan fingerprint density at radius 1 is 1.50 bits per heavy atom. The summed E-state index contributed by atoms with van der Waals surface area (Å²) in [6.07, 6.45) is 0. The standard InChI is InChI=1S/C11H14N2O2S/c1-9(6-12)16(14,15)8-11-4-2-3-10(5-11)7-13/h2-5,9H,6,8,12H2,1H3. The highest BCUT2D eigenvalue weighted by Crippen LogP contribution is 2.12. The van der Waals surface area contributed by atoms with Gasteiger partial charge < -0.3 is 5.73 Å². The maximum atomic E-state index is 11.8. The number of rotatable bonds is 4. The molecule has 0 fully saturated rings. The van der Waals surface area contributed by atoms with E-state index in [2.05, 4.69) is 0 Å². The Hall–Kier alpha value is -1.38. The molecule has 0 saturated carbocycles. The molecule has 0 bridgehead atoms. The average Bonchev–Trinajstić information content (AvgIpc) is 2.27. The third-order valence-corrected chi connectivity index (χ3v) is 4.52. The molecular formula is C11H14N2O2S. The number of hydrogen-bond donors (Lipinski definition) is 1. The van der Waals surface area contributed by atoms with Gasteiger partial charge in [0.05, 0.1) is 22.6 Å². The second-order valence-corrected chi connectivity index (χ2v) is 6.08. The van der Waals surface area contributed by atoms with Crippen LogP contribution in [0.5, 0.6) is 0 Å². The molecule has 1 unspecified atom stereocenters. The van der Waals surface area contributed by atoms with Crippen molar-refractivity contribution in [3.63, 3.8) is 0 Å². The van der Waals surface area contributed by atoms with Gasteiger partial charge in [0, 0.05) is 6.54 Å². The highest BCUT2D eigenvalue weighted by Gasteiger charge is 2.19. The Morgan fingerprint density at radius 3 is 2.75 bits per heavy atom. The smallest absolute Gasteiger partial charge is 0.158 e. The van der Waals surface area contributed by atoms with Crippen LogP contribution in [0.1, 0.15) is 18.1 Å². The van der Waals surface area contributed by atoms with Crippen LogP contribution in [0.3, 0.4) is 0 Å². The first-order valence-electron chi connectivity index (χ1n) is 4.90. The Bertz CT molecular complexity index is 503. The SMILES string of the molecule is CC(CN)S(=O)(=O)Cc1cccc(C#N)c1. The van der Waals surface area contributed by atoms with Gasteiger partial charge in [-0.3, -0.25) is 0 Å². The summed E-state index contributed by atoms with van der Waals surface area (Å²) in [7, 11) is -3.22. The molecule has 2 N–H and O–H groups in total. The fourth-order valence-corrected chi connectivity index (χ4v) is 2.47. The van der Waals surface area contributed by atoms with Gasteiger partial charge in [0.25, 0.3) is 0 Å². The zero-order valence-corrected chi connectivity index (χ0v) is 9.87. The molecule has 0 aromatic heterocycles. The van der Waals surface area contributed by atoms with Crippen molar-refractivity contribution < 1.29 is 8.42 Å². The molecule has 0 heterocycles. The summed E-state index contributed by atoms with van der Waals surface area (Å²) in [5.74, 6) is -0.0686. The van der Waals surface area contributed by atoms with Gasteiger partial charge in [0.2, 0.25) is 0 Å². The van der Waals surface area contributed by atoms with E-state index in [0.717, 1.165) is 0 Å². The number of sulfone groups is 1. The van der Waals surface area contributed by atoms with Gasteiger partial charge in [-0.25, -0.2) is 8.42 Å². The molecule has 4 nitrogen and oxygen atoms in total. The molecule has 0 spiro atoms. The molecule has 0 radical (unpaired) electrons. The predicted octanol–water partition coefficient (Wildman–Crippen LogP) is 0.820. The Labute approximate surface area is 95.6 Å². The lowest BCUT2D eigenvalue weighted by Crippen LogP contribution is -2.27. The summed E-state index contributed by atoms with van der Waals surface area (Å²) in [5.41, 5.74) is 6.43. The van der Waals surface area contributed by atoms with Crippen molar-refractivity contribution in [2.24, 2.45) is 5.73 Å². The van der Waals surface area contributed by atoms with Crippen molar-refractivity contribution >= 4 is 9.84 Å². The first-order valence-corrected chi connectivity index (χ1v) is 6.62. The van der Waals surface area contributed by atoms with E-state index in [4.69, 9.17) is 11.0 Å². The normalized spacial score (nSPS) is 13.1. The predicted molar refractivity (Wildman–Crippen MR) is 62.3 cm³/mol. The van der Waals surface area contributed by atoms with E-state index >= 15 is 0 Å². The molecular weight excluding hydrogens is 224 g/mol. The van der Waals surface area contributed by atoms with Gasteiger partial charge in [-0.15, -0.1) is 0 Å². The maximum Gasteiger partial charge on any atom is 0.158 e. The van der Waals surface area contributed by atoms with Crippen molar-refractivity contribution in [2.75, 3.05) is 6.54 Å². The Balaban J connectivity index is 2.93. The summed E-state index contributed by atoms with van der Waals surface area (Å²) in [5, 5.41) is 8.14.